The van der Waals surface area contributed by atoms with Gasteiger partial charge >= 0.3 is 12.1 Å². The van der Waals surface area contributed by atoms with E-state index in [9.17, 15) is 19.5 Å². The number of aliphatic carboxylic acids is 1. The first-order valence-electron chi connectivity index (χ1n) is 11.1. The van der Waals surface area contributed by atoms with Crippen LogP contribution in [0.15, 0.2) is 48.5 Å². The Labute approximate surface area is 197 Å². The van der Waals surface area contributed by atoms with Gasteiger partial charge in [0.15, 0.2) is 0 Å². The van der Waals surface area contributed by atoms with Gasteiger partial charge < -0.3 is 20.1 Å². The lowest BCUT2D eigenvalue weighted by Crippen LogP contribution is -2.51. The number of hydrogen-bond donors (Lipinski definition) is 2. The molecule has 0 radical (unpaired) electrons. The standard InChI is InChI=1S/C25H28N2O5S/c1-33-13-12-22(24(30)27(14-23(28)29)16-10-11-16)26-25(31)32-15-21-19-8-4-2-6-17(19)18-7-3-5-9-20(18)21/h2-9,16,21-22H,10-15H2,1H3,(H,26,31)(H,28,29)/t22-/m1/s1. The fourth-order valence-corrected chi connectivity index (χ4v) is 4.87. The van der Waals surface area contributed by atoms with Gasteiger partial charge in [0.05, 0.1) is 0 Å². The third-order valence-corrected chi connectivity index (χ3v) is 6.76. The Kier molecular flexibility index (Phi) is 7.23. The molecule has 2 amide bonds. The molecule has 4 rings (SSSR count). The van der Waals surface area contributed by atoms with Gasteiger partial charge in [-0.05, 0) is 53.5 Å². The average Bonchev–Trinajstić information content (AvgIpc) is 3.61. The van der Waals surface area contributed by atoms with Crippen LogP contribution < -0.4 is 5.32 Å². The second-order valence-electron chi connectivity index (χ2n) is 8.39. The monoisotopic (exact) mass is 468 g/mol. The van der Waals surface area contributed by atoms with Crippen molar-refractivity contribution in [3.63, 3.8) is 0 Å². The number of rotatable bonds is 10. The molecule has 0 unspecified atom stereocenters. The van der Waals surface area contributed by atoms with E-state index in [0.717, 1.165) is 35.1 Å². The van der Waals surface area contributed by atoms with Gasteiger partial charge in [0.25, 0.3) is 0 Å². The minimum absolute atomic E-state index is 0.0605. The highest BCUT2D eigenvalue weighted by atomic mass is 32.2. The van der Waals surface area contributed by atoms with Gasteiger partial charge in [0.1, 0.15) is 19.2 Å². The summed E-state index contributed by atoms with van der Waals surface area (Å²) in [7, 11) is 0. The summed E-state index contributed by atoms with van der Waals surface area (Å²) in [6, 6.07) is 15.3. The third kappa shape index (κ3) is 5.33. The number of nitrogens with one attached hydrogen (secondary N) is 1. The summed E-state index contributed by atoms with van der Waals surface area (Å²) in [6.45, 7) is -0.198. The first-order valence-corrected chi connectivity index (χ1v) is 12.5. The van der Waals surface area contributed by atoms with Crippen LogP contribution in [0.25, 0.3) is 11.1 Å². The maximum atomic E-state index is 13.1. The molecule has 1 fully saturated rings. The second-order valence-corrected chi connectivity index (χ2v) is 9.38. The molecule has 0 saturated heterocycles. The highest BCUT2D eigenvalue weighted by Crippen LogP contribution is 2.44. The minimum atomic E-state index is -1.06. The van der Waals surface area contributed by atoms with Crippen LogP contribution in [0.1, 0.15) is 36.3 Å². The number of hydrogen-bond acceptors (Lipinski definition) is 5. The summed E-state index contributed by atoms with van der Waals surface area (Å²) < 4.78 is 5.59. The summed E-state index contributed by atoms with van der Waals surface area (Å²) in [5.74, 6) is -0.827. The van der Waals surface area contributed by atoms with E-state index in [0.29, 0.717) is 12.2 Å². The number of alkyl carbamates (subject to hydrolysis) is 1. The molecule has 1 atom stereocenters. The van der Waals surface area contributed by atoms with E-state index in [1.165, 1.54) is 4.90 Å². The highest BCUT2D eigenvalue weighted by molar-refractivity contribution is 7.98. The van der Waals surface area contributed by atoms with Crippen LogP contribution in [0.5, 0.6) is 0 Å². The molecule has 174 valence electrons. The zero-order valence-electron chi connectivity index (χ0n) is 18.5. The maximum Gasteiger partial charge on any atom is 0.407 e. The highest BCUT2D eigenvalue weighted by Gasteiger charge is 2.37. The van der Waals surface area contributed by atoms with Gasteiger partial charge in [0.2, 0.25) is 5.91 Å². The smallest absolute Gasteiger partial charge is 0.407 e. The molecule has 0 aliphatic heterocycles. The molecule has 0 aromatic heterocycles. The Bertz CT molecular complexity index is 993. The number of carbonyl (C=O) groups excluding carboxylic acids is 2. The lowest BCUT2D eigenvalue weighted by Gasteiger charge is -2.26. The fraction of sp³-hybridized carbons (Fsp3) is 0.400. The van der Waals surface area contributed by atoms with Crippen molar-refractivity contribution in [3.8, 4) is 11.1 Å². The summed E-state index contributed by atoms with van der Waals surface area (Å²) in [4.78, 5) is 38.4. The molecular weight excluding hydrogens is 440 g/mol. The molecule has 33 heavy (non-hydrogen) atoms. The van der Waals surface area contributed by atoms with Crippen molar-refractivity contribution in [1.82, 2.24) is 10.2 Å². The Morgan fingerprint density at radius 2 is 1.70 bits per heavy atom. The summed E-state index contributed by atoms with van der Waals surface area (Å²) in [5.41, 5.74) is 4.51. The number of nitrogens with zero attached hydrogens (tertiary/aromatic N) is 1. The van der Waals surface area contributed by atoms with Crippen molar-refractivity contribution in [1.29, 1.82) is 0 Å². The van der Waals surface area contributed by atoms with E-state index < -0.39 is 18.1 Å². The van der Waals surface area contributed by atoms with E-state index in [-0.39, 0.29) is 31.0 Å². The predicted octanol–water partition coefficient (Wildman–Crippen LogP) is 3.72. The topological polar surface area (TPSA) is 95.9 Å². The van der Waals surface area contributed by atoms with Gasteiger partial charge in [0, 0.05) is 12.0 Å². The lowest BCUT2D eigenvalue weighted by atomic mass is 9.98. The van der Waals surface area contributed by atoms with E-state index in [2.05, 4.69) is 17.4 Å². The van der Waals surface area contributed by atoms with Crippen molar-refractivity contribution in [2.45, 2.75) is 37.3 Å². The molecule has 2 N–H and O–H groups in total. The average molecular weight is 469 g/mol. The molecule has 2 aromatic carbocycles. The second kappa shape index (κ2) is 10.3. The van der Waals surface area contributed by atoms with Crippen LogP contribution in [0.3, 0.4) is 0 Å². The number of ether oxygens (including phenoxy) is 1. The van der Waals surface area contributed by atoms with E-state index in [4.69, 9.17) is 4.74 Å². The van der Waals surface area contributed by atoms with Crippen LogP contribution in [0.4, 0.5) is 4.79 Å². The van der Waals surface area contributed by atoms with Crippen molar-refractivity contribution < 1.29 is 24.2 Å². The van der Waals surface area contributed by atoms with Gasteiger partial charge in [-0.1, -0.05) is 48.5 Å². The van der Waals surface area contributed by atoms with Gasteiger partial charge in [-0.25, -0.2) is 4.79 Å². The summed E-state index contributed by atoms with van der Waals surface area (Å²) >= 11 is 1.56. The number of thioether (sulfide) groups is 1. The minimum Gasteiger partial charge on any atom is -0.480 e. The molecule has 1 saturated carbocycles. The van der Waals surface area contributed by atoms with E-state index in [1.807, 2.05) is 42.7 Å². The number of carboxylic acid groups (broad SMARTS) is 1. The number of carbonyl (C=O) groups is 3. The largest absolute Gasteiger partial charge is 0.480 e. The molecule has 2 aliphatic carbocycles. The first kappa shape index (κ1) is 23.2. The summed E-state index contributed by atoms with van der Waals surface area (Å²) in [5, 5.41) is 11.9. The molecule has 2 aromatic rings. The first-order chi connectivity index (χ1) is 16.0. The maximum absolute atomic E-state index is 13.1. The quantitative estimate of drug-likeness (QED) is 0.552. The van der Waals surface area contributed by atoms with Gasteiger partial charge in [-0.2, -0.15) is 11.8 Å². The van der Waals surface area contributed by atoms with Gasteiger partial charge in [-0.3, -0.25) is 9.59 Å². The SMILES string of the molecule is CSCC[C@@H](NC(=O)OCC1c2ccccc2-c2ccccc21)C(=O)N(CC(=O)O)C1CC1. The predicted molar refractivity (Wildman–Crippen MR) is 127 cm³/mol. The zero-order valence-corrected chi connectivity index (χ0v) is 19.3. The van der Waals surface area contributed by atoms with E-state index >= 15 is 0 Å². The van der Waals surface area contributed by atoms with Crippen LogP contribution >= 0.6 is 11.8 Å². The van der Waals surface area contributed by atoms with Crippen molar-refractivity contribution in [2.75, 3.05) is 25.2 Å². The zero-order chi connectivity index (χ0) is 23.4. The molecular formula is C25H28N2O5S. The van der Waals surface area contributed by atoms with E-state index in [1.54, 1.807) is 11.8 Å². The van der Waals surface area contributed by atoms with Crippen LogP contribution in [-0.4, -0.2) is 65.2 Å². The Morgan fingerprint density at radius 1 is 1.09 bits per heavy atom. The molecule has 0 spiro atoms. The van der Waals surface area contributed by atoms with Crippen molar-refractivity contribution >= 4 is 29.7 Å². The van der Waals surface area contributed by atoms with Crippen LogP contribution in [0.2, 0.25) is 0 Å². The number of amides is 2. The summed E-state index contributed by atoms with van der Waals surface area (Å²) in [6.07, 6.45) is 3.25. The Balaban J connectivity index is 1.43. The number of carboxylic acids is 1. The normalized spacial score (nSPS) is 15.3. The number of fused-ring (bicyclic) bond motifs is 3. The molecule has 0 heterocycles. The van der Waals surface area contributed by atoms with Crippen LogP contribution in [0, 0.1) is 0 Å². The third-order valence-electron chi connectivity index (χ3n) is 6.12. The molecule has 2 aliphatic rings. The number of benzene rings is 2. The molecule has 7 nitrogen and oxygen atoms in total. The lowest BCUT2D eigenvalue weighted by molar-refractivity contribution is -0.145. The van der Waals surface area contributed by atoms with Crippen molar-refractivity contribution in [2.24, 2.45) is 0 Å². The van der Waals surface area contributed by atoms with Crippen LogP contribution in [-0.2, 0) is 14.3 Å². The fourth-order valence-electron chi connectivity index (χ4n) is 4.39. The molecule has 0 bridgehead atoms. The van der Waals surface area contributed by atoms with Gasteiger partial charge in [-0.15, -0.1) is 0 Å². The van der Waals surface area contributed by atoms with Crippen molar-refractivity contribution in [3.05, 3.63) is 59.7 Å². The Hall–Kier alpha value is -3.00. The Morgan fingerprint density at radius 3 is 2.24 bits per heavy atom. The molecule has 8 heteroatoms.